The van der Waals surface area contributed by atoms with Crippen LogP contribution in [0.4, 0.5) is 0 Å². The average Bonchev–Trinajstić information content (AvgIpc) is 2.96. The van der Waals surface area contributed by atoms with E-state index in [0.717, 1.165) is 16.3 Å². The average molecular weight is 276 g/mol. The third-order valence-corrected chi connectivity index (χ3v) is 3.34. The van der Waals surface area contributed by atoms with Crippen LogP contribution in [-0.2, 0) is 0 Å². The smallest absolute Gasteiger partial charge is 0.0983 e. The molecule has 1 atom stereocenters. The van der Waals surface area contributed by atoms with Crippen LogP contribution in [0.2, 0.25) is 5.02 Å². The summed E-state index contributed by atoms with van der Waals surface area (Å²) in [5.74, 6) is 0.0703. The van der Waals surface area contributed by atoms with Gasteiger partial charge in [0.1, 0.15) is 0 Å². The van der Waals surface area contributed by atoms with Crippen LogP contribution in [0.25, 0.3) is 0 Å². The molecule has 6 heteroatoms. The van der Waals surface area contributed by atoms with Crippen LogP contribution < -0.4 is 21.9 Å². The van der Waals surface area contributed by atoms with Gasteiger partial charge in [-0.2, -0.15) is 11.1 Å². The van der Waals surface area contributed by atoms with Crippen LogP contribution in [0.3, 0.4) is 0 Å². The molecular formula is C13H14ClN5. The quantitative estimate of drug-likeness (QED) is 0.680. The summed E-state index contributed by atoms with van der Waals surface area (Å²) in [6.07, 6.45) is 1.80. The van der Waals surface area contributed by atoms with Gasteiger partial charge in [-0.3, -0.25) is 4.98 Å². The van der Waals surface area contributed by atoms with Gasteiger partial charge in [0.25, 0.3) is 0 Å². The molecule has 1 aliphatic heterocycles. The molecule has 1 aliphatic rings. The molecule has 3 rings (SSSR count). The molecule has 1 aromatic carbocycles. The minimum Gasteiger partial charge on any atom is -0.261 e. The Morgan fingerprint density at radius 1 is 1.00 bits per heavy atom. The summed E-state index contributed by atoms with van der Waals surface area (Å²) in [4.78, 5) is 4.45. The Morgan fingerprint density at radius 3 is 2.37 bits per heavy atom. The molecule has 98 valence electrons. The number of rotatable bonds is 3. The van der Waals surface area contributed by atoms with Crippen molar-refractivity contribution in [2.45, 2.75) is 12.1 Å². The number of nitrogens with zero attached hydrogens (tertiary/aromatic N) is 1. The van der Waals surface area contributed by atoms with Crippen molar-refractivity contribution in [3.63, 3.8) is 0 Å². The molecule has 1 fully saturated rings. The van der Waals surface area contributed by atoms with Crippen molar-refractivity contribution in [2.24, 2.45) is 0 Å². The van der Waals surface area contributed by atoms with Gasteiger partial charge in [-0.15, -0.1) is 0 Å². The summed E-state index contributed by atoms with van der Waals surface area (Å²) >= 11 is 5.95. The summed E-state index contributed by atoms with van der Waals surface area (Å²) in [5, 5.41) is 0.729. The molecule has 19 heavy (non-hydrogen) atoms. The van der Waals surface area contributed by atoms with Crippen molar-refractivity contribution in [3.05, 3.63) is 64.9 Å². The summed E-state index contributed by atoms with van der Waals surface area (Å²) in [5.41, 5.74) is 14.0. The van der Waals surface area contributed by atoms with Gasteiger partial charge in [0.15, 0.2) is 0 Å². The molecule has 5 nitrogen and oxygen atoms in total. The van der Waals surface area contributed by atoms with E-state index in [2.05, 4.69) is 26.9 Å². The van der Waals surface area contributed by atoms with E-state index in [-0.39, 0.29) is 12.1 Å². The van der Waals surface area contributed by atoms with Crippen LogP contribution in [0.15, 0.2) is 48.7 Å². The van der Waals surface area contributed by atoms with E-state index < -0.39 is 0 Å². The summed E-state index contributed by atoms with van der Waals surface area (Å²) in [6, 6.07) is 13.7. The van der Waals surface area contributed by atoms with Crippen molar-refractivity contribution < 1.29 is 0 Å². The van der Waals surface area contributed by atoms with Crippen LogP contribution in [0.1, 0.15) is 17.2 Å². The molecule has 0 amide bonds. The Labute approximate surface area is 116 Å². The van der Waals surface area contributed by atoms with Gasteiger partial charge in [-0.05, 0) is 29.8 Å². The Balaban J connectivity index is 1.98. The van der Waals surface area contributed by atoms with Crippen LogP contribution in [-0.4, -0.2) is 11.1 Å². The third kappa shape index (κ3) is 2.75. The maximum Gasteiger partial charge on any atom is 0.0983 e. The number of hydrogen-bond acceptors (Lipinski definition) is 5. The highest BCUT2D eigenvalue weighted by atomic mass is 35.5. The first-order valence-corrected chi connectivity index (χ1v) is 6.40. The lowest BCUT2D eigenvalue weighted by atomic mass is 9.92. The maximum absolute atomic E-state index is 5.95. The molecule has 0 bridgehead atoms. The van der Waals surface area contributed by atoms with E-state index >= 15 is 0 Å². The van der Waals surface area contributed by atoms with Gasteiger partial charge in [-0.1, -0.05) is 29.8 Å². The van der Waals surface area contributed by atoms with E-state index in [0.29, 0.717) is 0 Å². The van der Waals surface area contributed by atoms with Gasteiger partial charge < -0.3 is 0 Å². The Bertz CT molecular complexity index is 524. The number of nitrogens with one attached hydrogen (secondary N) is 4. The topological polar surface area (TPSA) is 61.0 Å². The molecule has 0 radical (unpaired) electrons. The number of benzene rings is 1. The summed E-state index contributed by atoms with van der Waals surface area (Å²) < 4.78 is 0. The Hall–Kier alpha value is -1.50. The molecule has 2 heterocycles. The lowest BCUT2D eigenvalue weighted by Crippen LogP contribution is -2.40. The molecule has 2 aromatic rings. The predicted octanol–water partition coefficient (Wildman–Crippen LogP) is 1.31. The largest absolute Gasteiger partial charge is 0.261 e. The van der Waals surface area contributed by atoms with Crippen molar-refractivity contribution in [2.75, 3.05) is 0 Å². The Kier molecular flexibility index (Phi) is 3.72. The van der Waals surface area contributed by atoms with Crippen molar-refractivity contribution in [1.82, 2.24) is 26.9 Å². The molecule has 1 aromatic heterocycles. The monoisotopic (exact) mass is 275 g/mol. The number of aromatic nitrogens is 1. The highest BCUT2D eigenvalue weighted by molar-refractivity contribution is 6.30. The maximum atomic E-state index is 5.95. The molecule has 4 N–H and O–H groups in total. The lowest BCUT2D eigenvalue weighted by molar-refractivity contribution is 0.466. The van der Waals surface area contributed by atoms with Gasteiger partial charge in [0.05, 0.1) is 17.8 Å². The second-order valence-corrected chi connectivity index (χ2v) is 4.74. The van der Waals surface area contributed by atoms with E-state index in [4.69, 9.17) is 11.6 Å². The first-order valence-electron chi connectivity index (χ1n) is 6.02. The van der Waals surface area contributed by atoms with E-state index in [1.807, 2.05) is 42.5 Å². The SMILES string of the molecule is Clc1ccc([C@H](c2ccccn2)C2NNNN2)cc1. The zero-order chi connectivity index (χ0) is 13.1. The highest BCUT2D eigenvalue weighted by Crippen LogP contribution is 2.26. The van der Waals surface area contributed by atoms with E-state index in [1.54, 1.807) is 6.20 Å². The Morgan fingerprint density at radius 2 is 1.74 bits per heavy atom. The van der Waals surface area contributed by atoms with Gasteiger partial charge in [-0.25, -0.2) is 10.9 Å². The minimum absolute atomic E-state index is 0.00363. The fraction of sp³-hybridized carbons (Fsp3) is 0.154. The highest BCUT2D eigenvalue weighted by Gasteiger charge is 2.28. The van der Waals surface area contributed by atoms with E-state index in [1.165, 1.54) is 0 Å². The molecule has 0 aliphatic carbocycles. The van der Waals surface area contributed by atoms with Crippen molar-refractivity contribution in [3.8, 4) is 0 Å². The van der Waals surface area contributed by atoms with Gasteiger partial charge >= 0.3 is 0 Å². The number of hydrogen-bond donors (Lipinski definition) is 4. The van der Waals surface area contributed by atoms with Gasteiger partial charge in [0.2, 0.25) is 0 Å². The zero-order valence-electron chi connectivity index (χ0n) is 10.1. The first-order chi connectivity index (χ1) is 9.34. The second-order valence-electron chi connectivity index (χ2n) is 4.30. The predicted molar refractivity (Wildman–Crippen MR) is 73.9 cm³/mol. The second kappa shape index (κ2) is 5.64. The van der Waals surface area contributed by atoms with Gasteiger partial charge in [0, 0.05) is 11.2 Å². The van der Waals surface area contributed by atoms with Crippen LogP contribution in [0, 0.1) is 0 Å². The third-order valence-electron chi connectivity index (χ3n) is 3.09. The number of halogens is 1. The van der Waals surface area contributed by atoms with Crippen LogP contribution >= 0.6 is 11.6 Å². The van der Waals surface area contributed by atoms with Crippen molar-refractivity contribution in [1.29, 1.82) is 0 Å². The molecule has 0 saturated carbocycles. The van der Waals surface area contributed by atoms with Crippen LogP contribution in [0.5, 0.6) is 0 Å². The molecular weight excluding hydrogens is 262 g/mol. The minimum atomic E-state index is -0.00363. The summed E-state index contributed by atoms with van der Waals surface area (Å²) in [7, 11) is 0. The molecule has 0 spiro atoms. The fourth-order valence-corrected chi connectivity index (χ4v) is 2.32. The molecule has 1 saturated heterocycles. The lowest BCUT2D eigenvalue weighted by Gasteiger charge is -2.22. The zero-order valence-corrected chi connectivity index (χ0v) is 10.9. The van der Waals surface area contributed by atoms with E-state index in [9.17, 15) is 0 Å². The summed E-state index contributed by atoms with van der Waals surface area (Å²) in [6.45, 7) is 0. The first kappa shape index (κ1) is 12.5. The normalized spacial score (nSPS) is 17.5. The fourth-order valence-electron chi connectivity index (χ4n) is 2.19. The van der Waals surface area contributed by atoms with Crippen molar-refractivity contribution >= 4 is 11.6 Å². The number of pyridine rings is 1. The number of hydrazine groups is 3. The standard InChI is InChI=1S/C13H14ClN5/c14-10-6-4-9(5-7-10)12(13-16-18-19-17-13)11-3-1-2-8-15-11/h1-8,12-13,16-19H/t12-/m1/s1. The molecule has 0 unspecified atom stereocenters.